The van der Waals surface area contributed by atoms with E-state index >= 15 is 0 Å². The molecule has 1 heterocycles. The van der Waals surface area contributed by atoms with Crippen molar-refractivity contribution in [2.45, 2.75) is 70.0 Å². The van der Waals surface area contributed by atoms with Crippen LogP contribution in [-0.4, -0.2) is 42.7 Å². The third-order valence-electron chi connectivity index (χ3n) is 6.75. The summed E-state index contributed by atoms with van der Waals surface area (Å²) in [6.07, 6.45) is 4.03. The summed E-state index contributed by atoms with van der Waals surface area (Å²) in [4.78, 5) is 13.6. The predicted octanol–water partition coefficient (Wildman–Crippen LogP) is 6.37. The molecule has 1 aromatic carbocycles. The first-order valence-corrected chi connectivity index (χ1v) is 12.4. The number of carbonyl (C=O) groups is 1. The molecule has 1 aromatic rings. The van der Waals surface area contributed by atoms with Gasteiger partial charge in [0.1, 0.15) is 0 Å². The van der Waals surface area contributed by atoms with Gasteiger partial charge in [0.05, 0.1) is 0 Å². The highest BCUT2D eigenvalue weighted by Crippen LogP contribution is 2.30. The standard InChI is InChI=1S/C23H31BrClF3N2O/c24-21-8-5-19(25)15-18(21)14-17-9-12-30(13-10-17)11-1-2-16-3-6-20(7-4-16)29-22(31)23(26,27)28/h5,8,15-17,20H,1-4,6-7,9-14H2,(H,29,31)/t16-,20-. The molecule has 3 nitrogen and oxygen atoms in total. The second-order valence-corrected chi connectivity index (χ2v) is 10.3. The van der Waals surface area contributed by atoms with Crippen LogP contribution in [0.25, 0.3) is 0 Å². The summed E-state index contributed by atoms with van der Waals surface area (Å²) in [5.74, 6) is -0.549. The molecule has 1 saturated carbocycles. The fraction of sp³-hybridized carbons (Fsp3) is 0.696. The third kappa shape index (κ3) is 7.93. The number of alkyl halides is 3. The highest BCUT2D eigenvalue weighted by Gasteiger charge is 2.40. The number of nitrogens with zero attached hydrogens (tertiary/aromatic N) is 1. The van der Waals surface area contributed by atoms with Gasteiger partial charge in [0.2, 0.25) is 0 Å². The van der Waals surface area contributed by atoms with Crippen molar-refractivity contribution in [1.82, 2.24) is 10.2 Å². The Kier molecular flexibility index (Phi) is 9.11. The van der Waals surface area contributed by atoms with E-state index in [0.717, 1.165) is 61.2 Å². The zero-order chi connectivity index (χ0) is 22.4. The number of piperidine rings is 1. The normalized spacial score (nSPS) is 23.6. The van der Waals surface area contributed by atoms with Crippen molar-refractivity contribution in [2.75, 3.05) is 19.6 Å². The van der Waals surface area contributed by atoms with Gasteiger partial charge in [0, 0.05) is 15.5 Å². The van der Waals surface area contributed by atoms with Crippen molar-refractivity contribution in [2.24, 2.45) is 11.8 Å². The molecule has 2 fully saturated rings. The molecule has 1 amide bonds. The van der Waals surface area contributed by atoms with E-state index in [0.29, 0.717) is 24.7 Å². The summed E-state index contributed by atoms with van der Waals surface area (Å²) in [5, 5.41) is 2.92. The van der Waals surface area contributed by atoms with Crippen LogP contribution in [0.2, 0.25) is 5.02 Å². The van der Waals surface area contributed by atoms with E-state index in [-0.39, 0.29) is 6.04 Å². The number of likely N-dealkylation sites (tertiary alicyclic amines) is 1. The van der Waals surface area contributed by atoms with Gasteiger partial charge >= 0.3 is 12.1 Å². The Morgan fingerprint density at radius 1 is 1.10 bits per heavy atom. The van der Waals surface area contributed by atoms with Crippen LogP contribution in [-0.2, 0) is 11.2 Å². The highest BCUT2D eigenvalue weighted by atomic mass is 79.9. The van der Waals surface area contributed by atoms with E-state index in [4.69, 9.17) is 11.6 Å². The Morgan fingerprint density at radius 3 is 2.42 bits per heavy atom. The van der Waals surface area contributed by atoms with Crippen molar-refractivity contribution in [3.8, 4) is 0 Å². The van der Waals surface area contributed by atoms with Crippen LogP contribution in [0.3, 0.4) is 0 Å². The maximum absolute atomic E-state index is 12.4. The van der Waals surface area contributed by atoms with Gasteiger partial charge in [-0.25, -0.2) is 0 Å². The second kappa shape index (κ2) is 11.4. The number of rotatable bonds is 7. The minimum Gasteiger partial charge on any atom is -0.346 e. The number of nitrogens with one attached hydrogen (secondary N) is 1. The molecule has 0 spiro atoms. The monoisotopic (exact) mass is 522 g/mol. The van der Waals surface area contributed by atoms with Crippen molar-refractivity contribution in [3.05, 3.63) is 33.3 Å². The molecule has 0 bridgehead atoms. The minimum atomic E-state index is -4.78. The number of hydrogen-bond donors (Lipinski definition) is 1. The van der Waals surface area contributed by atoms with Crippen LogP contribution >= 0.6 is 27.5 Å². The van der Waals surface area contributed by atoms with Crippen LogP contribution in [0.5, 0.6) is 0 Å². The van der Waals surface area contributed by atoms with Gasteiger partial charge < -0.3 is 10.2 Å². The lowest BCUT2D eigenvalue weighted by Crippen LogP contribution is -2.44. The van der Waals surface area contributed by atoms with Gasteiger partial charge in [-0.05, 0) is 113 Å². The van der Waals surface area contributed by atoms with Crippen LogP contribution in [0.1, 0.15) is 56.9 Å². The molecule has 0 aromatic heterocycles. The Hall–Kier alpha value is -0.790. The Labute approximate surface area is 196 Å². The lowest BCUT2D eigenvalue weighted by Gasteiger charge is -2.33. The maximum atomic E-state index is 12.4. The molecule has 0 atom stereocenters. The first-order chi connectivity index (χ1) is 14.7. The molecular weight excluding hydrogens is 493 g/mol. The molecule has 174 valence electrons. The highest BCUT2D eigenvalue weighted by molar-refractivity contribution is 9.10. The van der Waals surface area contributed by atoms with Crippen LogP contribution in [0.4, 0.5) is 13.2 Å². The van der Waals surface area contributed by atoms with E-state index in [1.165, 1.54) is 18.4 Å². The van der Waals surface area contributed by atoms with E-state index in [2.05, 4.69) is 32.2 Å². The quantitative estimate of drug-likeness (QED) is 0.450. The molecule has 0 radical (unpaired) electrons. The molecule has 31 heavy (non-hydrogen) atoms. The number of carbonyl (C=O) groups excluding carboxylic acids is 1. The van der Waals surface area contributed by atoms with Gasteiger partial charge in [-0.3, -0.25) is 4.79 Å². The van der Waals surface area contributed by atoms with Gasteiger partial charge in [-0.1, -0.05) is 27.5 Å². The fourth-order valence-corrected chi connectivity index (χ4v) is 5.49. The van der Waals surface area contributed by atoms with Crippen LogP contribution in [0.15, 0.2) is 22.7 Å². The van der Waals surface area contributed by atoms with Crippen molar-refractivity contribution in [1.29, 1.82) is 0 Å². The van der Waals surface area contributed by atoms with Gasteiger partial charge in [0.25, 0.3) is 0 Å². The van der Waals surface area contributed by atoms with Gasteiger partial charge in [-0.15, -0.1) is 0 Å². The summed E-state index contributed by atoms with van der Waals surface area (Å²) in [5.41, 5.74) is 1.29. The molecule has 1 aliphatic carbocycles. The molecular formula is C23H31BrClF3N2O. The molecule has 8 heteroatoms. The van der Waals surface area contributed by atoms with Crippen molar-refractivity contribution < 1.29 is 18.0 Å². The number of hydrogen-bond acceptors (Lipinski definition) is 2. The van der Waals surface area contributed by atoms with Gasteiger partial charge in [-0.2, -0.15) is 13.2 Å². The molecule has 3 rings (SSSR count). The third-order valence-corrected chi connectivity index (χ3v) is 7.76. The topological polar surface area (TPSA) is 32.3 Å². The SMILES string of the molecule is O=C(N[C@H]1CC[C@H](CCCN2CCC(Cc3cc(Cl)ccc3Br)CC2)CC1)C(F)(F)F. The van der Waals surface area contributed by atoms with Gasteiger partial charge in [0.15, 0.2) is 0 Å². The molecule has 2 aliphatic rings. The average molecular weight is 524 g/mol. The summed E-state index contributed by atoms with van der Waals surface area (Å²) in [7, 11) is 0. The smallest absolute Gasteiger partial charge is 0.346 e. The second-order valence-electron chi connectivity index (χ2n) is 9.06. The number of amides is 1. The maximum Gasteiger partial charge on any atom is 0.471 e. The Morgan fingerprint density at radius 2 is 1.77 bits per heavy atom. The van der Waals surface area contributed by atoms with E-state index < -0.39 is 12.1 Å². The molecule has 1 saturated heterocycles. The van der Waals surface area contributed by atoms with E-state index in [1.54, 1.807) is 0 Å². The minimum absolute atomic E-state index is 0.330. The summed E-state index contributed by atoms with van der Waals surface area (Å²) < 4.78 is 38.2. The summed E-state index contributed by atoms with van der Waals surface area (Å²) in [6.45, 7) is 3.34. The van der Waals surface area contributed by atoms with Crippen molar-refractivity contribution >= 4 is 33.4 Å². The number of benzene rings is 1. The first kappa shape index (κ1) is 24.8. The van der Waals surface area contributed by atoms with Crippen LogP contribution < -0.4 is 5.32 Å². The molecule has 1 N–H and O–H groups in total. The Bertz CT molecular complexity index is 730. The van der Waals surface area contributed by atoms with Crippen molar-refractivity contribution in [3.63, 3.8) is 0 Å². The summed E-state index contributed by atoms with van der Waals surface area (Å²) >= 11 is 9.76. The number of halogens is 5. The predicted molar refractivity (Wildman–Crippen MR) is 121 cm³/mol. The van der Waals surface area contributed by atoms with E-state index in [9.17, 15) is 18.0 Å². The zero-order valence-corrected chi connectivity index (χ0v) is 20.0. The lowest BCUT2D eigenvalue weighted by atomic mass is 9.83. The first-order valence-electron chi connectivity index (χ1n) is 11.2. The largest absolute Gasteiger partial charge is 0.471 e. The molecule has 0 unspecified atom stereocenters. The average Bonchev–Trinajstić information content (AvgIpc) is 2.72. The Balaban J connectivity index is 1.29. The lowest BCUT2D eigenvalue weighted by molar-refractivity contribution is -0.174. The fourth-order valence-electron chi connectivity index (χ4n) is 4.89. The summed E-state index contributed by atoms with van der Waals surface area (Å²) in [6, 6.07) is 5.65. The van der Waals surface area contributed by atoms with E-state index in [1.807, 2.05) is 12.1 Å². The zero-order valence-electron chi connectivity index (χ0n) is 17.7. The van der Waals surface area contributed by atoms with Crippen LogP contribution in [0, 0.1) is 11.8 Å². The molecule has 1 aliphatic heterocycles.